The molecule has 2 aromatic rings. The van der Waals surface area contributed by atoms with E-state index in [1.165, 1.54) is 6.20 Å². The Morgan fingerprint density at radius 2 is 2.24 bits per heavy atom. The highest BCUT2D eigenvalue weighted by molar-refractivity contribution is 5.95. The van der Waals surface area contributed by atoms with Crippen LogP contribution in [0.1, 0.15) is 21.6 Å². The number of carbonyl (C=O) groups excluding carboxylic acids is 1. The molecule has 0 saturated carbocycles. The summed E-state index contributed by atoms with van der Waals surface area (Å²) in [5, 5.41) is 8.73. The molecule has 0 aromatic carbocycles. The number of hydrogen-bond acceptors (Lipinski definition) is 4. The summed E-state index contributed by atoms with van der Waals surface area (Å²) in [5.74, 6) is -0.0810. The van der Waals surface area contributed by atoms with Crippen molar-refractivity contribution in [1.29, 1.82) is 5.26 Å². The summed E-state index contributed by atoms with van der Waals surface area (Å²) in [6, 6.07) is 8.85. The molecule has 0 radical (unpaired) electrons. The van der Waals surface area contributed by atoms with Gasteiger partial charge in [0, 0.05) is 25.0 Å². The number of aromatic nitrogens is 2. The van der Waals surface area contributed by atoms with E-state index in [1.807, 2.05) is 6.07 Å². The van der Waals surface area contributed by atoms with Crippen molar-refractivity contribution < 1.29 is 4.79 Å². The van der Waals surface area contributed by atoms with Crippen LogP contribution in [0.25, 0.3) is 0 Å². The minimum absolute atomic E-state index is 0.0810. The molecule has 0 fully saturated rings. The fourth-order valence-corrected chi connectivity index (χ4v) is 1.45. The Bertz CT molecular complexity index is 573. The lowest BCUT2D eigenvalue weighted by Crippen LogP contribution is -2.05. The van der Waals surface area contributed by atoms with Gasteiger partial charge in [-0.15, -0.1) is 0 Å². The van der Waals surface area contributed by atoms with Gasteiger partial charge in [-0.2, -0.15) is 5.26 Å². The number of pyridine rings is 2. The number of hydrogen-bond donors (Lipinski definition) is 0. The largest absolute Gasteiger partial charge is 0.292 e. The van der Waals surface area contributed by atoms with Gasteiger partial charge in [0.1, 0.15) is 11.8 Å². The maximum absolute atomic E-state index is 11.8. The summed E-state index contributed by atoms with van der Waals surface area (Å²) in [5.41, 5.74) is 1.60. The van der Waals surface area contributed by atoms with Gasteiger partial charge in [-0.1, -0.05) is 6.07 Å². The van der Waals surface area contributed by atoms with E-state index in [4.69, 9.17) is 5.26 Å². The minimum Gasteiger partial charge on any atom is -0.292 e. The summed E-state index contributed by atoms with van der Waals surface area (Å²) < 4.78 is 0. The molecule has 0 atom stereocenters. The molecule has 2 rings (SSSR count). The Hall–Kier alpha value is -2.54. The van der Waals surface area contributed by atoms with E-state index in [1.54, 1.807) is 36.7 Å². The van der Waals surface area contributed by atoms with Crippen LogP contribution in [0.5, 0.6) is 0 Å². The third kappa shape index (κ3) is 2.73. The Balaban J connectivity index is 2.17. The van der Waals surface area contributed by atoms with Crippen LogP contribution in [0.2, 0.25) is 0 Å². The van der Waals surface area contributed by atoms with Gasteiger partial charge in [-0.05, 0) is 23.8 Å². The second-order valence-corrected chi connectivity index (χ2v) is 3.51. The molecule has 4 nitrogen and oxygen atoms in total. The molecule has 0 amide bonds. The summed E-state index contributed by atoms with van der Waals surface area (Å²) in [4.78, 5) is 19.7. The van der Waals surface area contributed by atoms with Crippen molar-refractivity contribution in [2.45, 2.75) is 6.42 Å². The van der Waals surface area contributed by atoms with Gasteiger partial charge >= 0.3 is 0 Å². The summed E-state index contributed by atoms with van der Waals surface area (Å²) in [6.45, 7) is 0. The molecule has 2 heterocycles. The quantitative estimate of drug-likeness (QED) is 0.744. The molecule has 2 aromatic heterocycles. The molecule has 0 aliphatic carbocycles. The van der Waals surface area contributed by atoms with E-state index in [2.05, 4.69) is 9.97 Å². The first-order valence-corrected chi connectivity index (χ1v) is 5.08. The molecule has 0 spiro atoms. The lowest BCUT2D eigenvalue weighted by atomic mass is 10.1. The van der Waals surface area contributed by atoms with Gasteiger partial charge in [-0.25, -0.2) is 0 Å². The number of nitrogens with zero attached hydrogens (tertiary/aromatic N) is 3. The van der Waals surface area contributed by atoms with Crippen molar-refractivity contribution in [3.05, 3.63) is 59.7 Å². The van der Waals surface area contributed by atoms with Crippen LogP contribution in [0.15, 0.2) is 42.9 Å². The van der Waals surface area contributed by atoms with Crippen molar-refractivity contribution in [1.82, 2.24) is 9.97 Å². The highest BCUT2D eigenvalue weighted by Gasteiger charge is 2.08. The Labute approximate surface area is 98.6 Å². The Morgan fingerprint density at radius 3 is 2.94 bits per heavy atom. The third-order valence-corrected chi connectivity index (χ3v) is 2.24. The van der Waals surface area contributed by atoms with Gasteiger partial charge in [0.2, 0.25) is 0 Å². The zero-order valence-electron chi connectivity index (χ0n) is 9.00. The summed E-state index contributed by atoms with van der Waals surface area (Å²) >= 11 is 0. The molecule has 0 unspecified atom stereocenters. The van der Waals surface area contributed by atoms with Crippen molar-refractivity contribution in [3.63, 3.8) is 0 Å². The fraction of sp³-hybridized carbons (Fsp3) is 0.0769. The maximum atomic E-state index is 11.8. The molecule has 0 saturated heterocycles. The highest BCUT2D eigenvalue weighted by Crippen LogP contribution is 2.06. The minimum atomic E-state index is -0.0810. The van der Waals surface area contributed by atoms with Gasteiger partial charge in [0.15, 0.2) is 5.78 Å². The SMILES string of the molecule is N#Cc1cncc(CC(=O)c2ccccn2)c1. The van der Waals surface area contributed by atoms with E-state index in [0.29, 0.717) is 11.3 Å². The zero-order chi connectivity index (χ0) is 12.1. The van der Waals surface area contributed by atoms with E-state index in [-0.39, 0.29) is 12.2 Å². The Morgan fingerprint density at radius 1 is 1.35 bits per heavy atom. The van der Waals surface area contributed by atoms with Gasteiger partial charge < -0.3 is 0 Å². The molecule has 4 heteroatoms. The molecule has 0 bridgehead atoms. The number of carbonyl (C=O) groups is 1. The lowest BCUT2D eigenvalue weighted by molar-refractivity contribution is 0.0988. The molecule has 17 heavy (non-hydrogen) atoms. The average Bonchev–Trinajstić information content (AvgIpc) is 2.40. The fourth-order valence-electron chi connectivity index (χ4n) is 1.45. The number of rotatable bonds is 3. The van der Waals surface area contributed by atoms with Gasteiger partial charge in [0.05, 0.1) is 5.56 Å². The number of ketones is 1. The smallest absolute Gasteiger partial charge is 0.185 e. The van der Waals surface area contributed by atoms with Crippen LogP contribution >= 0.6 is 0 Å². The van der Waals surface area contributed by atoms with E-state index >= 15 is 0 Å². The van der Waals surface area contributed by atoms with E-state index in [9.17, 15) is 4.79 Å². The molecule has 0 N–H and O–H groups in total. The van der Waals surface area contributed by atoms with Crippen molar-refractivity contribution in [2.24, 2.45) is 0 Å². The first-order valence-electron chi connectivity index (χ1n) is 5.08. The summed E-state index contributed by atoms with van der Waals surface area (Å²) in [6.07, 6.45) is 4.84. The second kappa shape index (κ2) is 4.99. The average molecular weight is 223 g/mol. The number of nitriles is 1. The van der Waals surface area contributed by atoms with Crippen molar-refractivity contribution >= 4 is 5.78 Å². The molecule has 0 aliphatic heterocycles. The zero-order valence-corrected chi connectivity index (χ0v) is 9.00. The first kappa shape index (κ1) is 11.0. The van der Waals surface area contributed by atoms with Crippen LogP contribution in [0.4, 0.5) is 0 Å². The standard InChI is InChI=1S/C13H9N3O/c14-7-11-5-10(8-15-9-11)6-13(17)12-3-1-2-4-16-12/h1-5,8-9H,6H2. The van der Waals surface area contributed by atoms with Crippen LogP contribution < -0.4 is 0 Å². The first-order chi connectivity index (χ1) is 8.29. The van der Waals surface area contributed by atoms with Crippen LogP contribution in [0.3, 0.4) is 0 Å². The van der Waals surface area contributed by atoms with E-state index < -0.39 is 0 Å². The molecular formula is C13H9N3O. The predicted octanol–water partition coefficient (Wildman–Crippen LogP) is 1.77. The topological polar surface area (TPSA) is 66.6 Å². The monoisotopic (exact) mass is 223 g/mol. The third-order valence-electron chi connectivity index (χ3n) is 2.24. The van der Waals surface area contributed by atoms with Crippen LogP contribution in [-0.4, -0.2) is 15.8 Å². The van der Waals surface area contributed by atoms with Crippen LogP contribution in [-0.2, 0) is 6.42 Å². The normalized spacial score (nSPS) is 9.59. The second-order valence-electron chi connectivity index (χ2n) is 3.51. The van der Waals surface area contributed by atoms with Crippen molar-refractivity contribution in [2.75, 3.05) is 0 Å². The van der Waals surface area contributed by atoms with Gasteiger partial charge in [-0.3, -0.25) is 14.8 Å². The van der Waals surface area contributed by atoms with Crippen molar-refractivity contribution in [3.8, 4) is 6.07 Å². The van der Waals surface area contributed by atoms with E-state index in [0.717, 1.165) is 5.56 Å². The molecule has 0 aliphatic rings. The lowest BCUT2D eigenvalue weighted by Gasteiger charge is -2.00. The summed E-state index contributed by atoms with van der Waals surface area (Å²) in [7, 11) is 0. The highest BCUT2D eigenvalue weighted by atomic mass is 16.1. The molecule has 82 valence electrons. The predicted molar refractivity (Wildman–Crippen MR) is 61.2 cm³/mol. The van der Waals surface area contributed by atoms with Gasteiger partial charge in [0.25, 0.3) is 0 Å². The maximum Gasteiger partial charge on any atom is 0.185 e. The van der Waals surface area contributed by atoms with Crippen LogP contribution in [0, 0.1) is 11.3 Å². The Kier molecular flexibility index (Phi) is 3.22. The number of Topliss-reactive ketones (excluding diaryl/α,β-unsaturated/α-hetero) is 1. The molecular weight excluding hydrogens is 214 g/mol.